The lowest BCUT2D eigenvalue weighted by Crippen LogP contribution is -2.52. The molecule has 1 fully saturated rings. The van der Waals surface area contributed by atoms with Gasteiger partial charge in [0.2, 0.25) is 0 Å². The van der Waals surface area contributed by atoms with Gasteiger partial charge >= 0.3 is 0 Å². The molecular formula is C21H23N3O2S. The number of anilines is 1. The van der Waals surface area contributed by atoms with Gasteiger partial charge in [0.25, 0.3) is 5.91 Å². The smallest absolute Gasteiger partial charge is 0.263 e. The van der Waals surface area contributed by atoms with Crippen LogP contribution in [0.15, 0.2) is 48.5 Å². The largest absolute Gasteiger partial charge is 0.481 e. The van der Waals surface area contributed by atoms with Crippen LogP contribution in [0.1, 0.15) is 12.5 Å². The van der Waals surface area contributed by atoms with Gasteiger partial charge in [-0.1, -0.05) is 41.7 Å². The zero-order chi connectivity index (χ0) is 18.8. The number of nitrogens with zero attached hydrogens (tertiary/aromatic N) is 3. The van der Waals surface area contributed by atoms with Crippen LogP contribution in [0.5, 0.6) is 5.75 Å². The molecule has 0 aliphatic carbocycles. The maximum atomic E-state index is 12.7. The van der Waals surface area contributed by atoms with Crippen molar-refractivity contribution in [3.8, 4) is 5.75 Å². The first-order valence-corrected chi connectivity index (χ1v) is 10.0. The molecule has 1 aromatic heterocycles. The van der Waals surface area contributed by atoms with Crippen LogP contribution in [0.3, 0.4) is 0 Å². The average molecular weight is 382 g/mol. The predicted octanol–water partition coefficient (Wildman–Crippen LogP) is 3.72. The van der Waals surface area contributed by atoms with Crippen LogP contribution < -0.4 is 9.64 Å². The number of aromatic nitrogens is 1. The minimum atomic E-state index is -0.482. The third-order valence-electron chi connectivity index (χ3n) is 4.88. The fraction of sp³-hybridized carbons (Fsp3) is 0.333. The summed E-state index contributed by atoms with van der Waals surface area (Å²) in [6.07, 6.45) is -0.482. The molecule has 0 saturated carbocycles. The third kappa shape index (κ3) is 3.76. The molecule has 0 spiro atoms. The van der Waals surface area contributed by atoms with Crippen molar-refractivity contribution in [3.63, 3.8) is 0 Å². The quantitative estimate of drug-likeness (QED) is 0.691. The Bertz CT molecular complexity index is 933. The van der Waals surface area contributed by atoms with E-state index in [9.17, 15) is 4.79 Å². The van der Waals surface area contributed by atoms with Crippen LogP contribution in [-0.4, -0.2) is 48.1 Å². The van der Waals surface area contributed by atoms with E-state index in [0.29, 0.717) is 13.1 Å². The number of carbonyl (C=O) groups is 1. The van der Waals surface area contributed by atoms with E-state index in [1.165, 1.54) is 10.3 Å². The molecule has 140 valence electrons. The van der Waals surface area contributed by atoms with Gasteiger partial charge in [-0.25, -0.2) is 4.98 Å². The van der Waals surface area contributed by atoms with Crippen molar-refractivity contribution in [2.75, 3.05) is 31.1 Å². The Morgan fingerprint density at radius 1 is 1.07 bits per heavy atom. The van der Waals surface area contributed by atoms with Crippen LogP contribution in [0, 0.1) is 6.92 Å². The molecule has 1 aliphatic rings. The van der Waals surface area contributed by atoms with E-state index in [4.69, 9.17) is 9.72 Å². The summed E-state index contributed by atoms with van der Waals surface area (Å²) in [5.74, 6) is 0.764. The molecule has 0 N–H and O–H groups in total. The lowest BCUT2D eigenvalue weighted by molar-refractivity contribution is -0.138. The lowest BCUT2D eigenvalue weighted by atomic mass is 10.2. The number of aryl methyl sites for hydroxylation is 1. The number of ether oxygens (including phenoxy) is 1. The molecule has 0 bridgehead atoms. The van der Waals surface area contributed by atoms with Crippen molar-refractivity contribution in [2.45, 2.75) is 20.0 Å². The zero-order valence-electron chi connectivity index (χ0n) is 15.6. The van der Waals surface area contributed by atoms with Gasteiger partial charge in [-0.2, -0.15) is 0 Å². The second kappa shape index (κ2) is 7.56. The van der Waals surface area contributed by atoms with E-state index in [1.54, 1.807) is 11.3 Å². The highest BCUT2D eigenvalue weighted by Crippen LogP contribution is 2.31. The van der Waals surface area contributed by atoms with Gasteiger partial charge in [-0.05, 0) is 37.6 Å². The fourth-order valence-electron chi connectivity index (χ4n) is 3.34. The Morgan fingerprint density at radius 2 is 1.81 bits per heavy atom. The Kier molecular flexibility index (Phi) is 4.99. The summed E-state index contributed by atoms with van der Waals surface area (Å²) >= 11 is 1.72. The van der Waals surface area contributed by atoms with E-state index >= 15 is 0 Å². The number of hydrogen-bond donors (Lipinski definition) is 0. The summed E-state index contributed by atoms with van der Waals surface area (Å²) in [4.78, 5) is 21.7. The van der Waals surface area contributed by atoms with Gasteiger partial charge in [0.1, 0.15) is 5.75 Å². The van der Waals surface area contributed by atoms with Crippen molar-refractivity contribution < 1.29 is 9.53 Å². The van der Waals surface area contributed by atoms with E-state index in [-0.39, 0.29) is 5.91 Å². The molecular weight excluding hydrogens is 358 g/mol. The number of hydrogen-bond acceptors (Lipinski definition) is 5. The van der Waals surface area contributed by atoms with Crippen molar-refractivity contribution in [1.29, 1.82) is 0 Å². The molecule has 1 atom stereocenters. The van der Waals surface area contributed by atoms with Gasteiger partial charge in [0, 0.05) is 26.2 Å². The monoisotopic (exact) mass is 381 g/mol. The SMILES string of the molecule is Cc1cccc2sc(N3CCN(C(=O)C(C)Oc4ccccc4)CC3)nc12. The topological polar surface area (TPSA) is 45.7 Å². The number of carbonyl (C=O) groups excluding carboxylic acids is 1. The number of amides is 1. The first-order chi connectivity index (χ1) is 13.1. The number of rotatable bonds is 4. The summed E-state index contributed by atoms with van der Waals surface area (Å²) in [6.45, 7) is 6.88. The second-order valence-corrected chi connectivity index (χ2v) is 7.81. The molecule has 27 heavy (non-hydrogen) atoms. The minimum absolute atomic E-state index is 0.0404. The molecule has 1 unspecified atom stereocenters. The highest BCUT2D eigenvalue weighted by molar-refractivity contribution is 7.22. The molecule has 5 nitrogen and oxygen atoms in total. The van der Waals surface area contributed by atoms with Crippen LogP contribution >= 0.6 is 11.3 Å². The van der Waals surface area contributed by atoms with Gasteiger partial charge in [-0.15, -0.1) is 0 Å². The van der Waals surface area contributed by atoms with Gasteiger partial charge < -0.3 is 14.5 Å². The molecule has 1 amide bonds. The van der Waals surface area contributed by atoms with Crippen LogP contribution in [-0.2, 0) is 4.79 Å². The Labute approximate surface area is 163 Å². The van der Waals surface area contributed by atoms with E-state index < -0.39 is 6.10 Å². The predicted molar refractivity (Wildman–Crippen MR) is 110 cm³/mol. The normalized spacial score (nSPS) is 15.8. The fourth-order valence-corrected chi connectivity index (χ4v) is 4.43. The van der Waals surface area contributed by atoms with E-state index in [1.807, 2.05) is 42.2 Å². The Morgan fingerprint density at radius 3 is 2.52 bits per heavy atom. The molecule has 4 rings (SSSR count). The second-order valence-electron chi connectivity index (χ2n) is 6.80. The Hall–Kier alpha value is -2.60. The highest BCUT2D eigenvalue weighted by atomic mass is 32.1. The number of thiazole rings is 1. The van der Waals surface area contributed by atoms with Gasteiger partial charge in [0.05, 0.1) is 10.2 Å². The summed E-state index contributed by atoms with van der Waals surface area (Å²) in [5.41, 5.74) is 2.29. The van der Waals surface area contributed by atoms with E-state index in [0.717, 1.165) is 29.5 Å². The van der Waals surface area contributed by atoms with Crippen molar-refractivity contribution in [3.05, 3.63) is 54.1 Å². The molecule has 0 radical (unpaired) electrons. The van der Waals surface area contributed by atoms with Crippen LogP contribution in [0.25, 0.3) is 10.2 Å². The lowest BCUT2D eigenvalue weighted by Gasteiger charge is -2.35. The maximum Gasteiger partial charge on any atom is 0.263 e. The Balaban J connectivity index is 1.37. The molecule has 2 heterocycles. The first-order valence-electron chi connectivity index (χ1n) is 9.23. The number of piperazine rings is 1. The summed E-state index contributed by atoms with van der Waals surface area (Å²) in [5, 5.41) is 1.04. The molecule has 3 aromatic rings. The molecule has 6 heteroatoms. The number of benzene rings is 2. The maximum absolute atomic E-state index is 12.7. The van der Waals surface area contributed by atoms with Crippen molar-refractivity contribution >= 4 is 32.6 Å². The first kappa shape index (κ1) is 17.8. The van der Waals surface area contributed by atoms with Crippen molar-refractivity contribution in [2.24, 2.45) is 0 Å². The van der Waals surface area contributed by atoms with Crippen molar-refractivity contribution in [1.82, 2.24) is 9.88 Å². The molecule has 2 aromatic carbocycles. The van der Waals surface area contributed by atoms with E-state index in [2.05, 4.69) is 30.0 Å². The zero-order valence-corrected chi connectivity index (χ0v) is 16.4. The summed E-state index contributed by atoms with van der Waals surface area (Å²) in [7, 11) is 0. The minimum Gasteiger partial charge on any atom is -0.481 e. The van der Waals surface area contributed by atoms with Gasteiger partial charge in [0.15, 0.2) is 11.2 Å². The van der Waals surface area contributed by atoms with Crippen LogP contribution in [0.2, 0.25) is 0 Å². The number of fused-ring (bicyclic) bond motifs is 1. The van der Waals surface area contributed by atoms with Gasteiger partial charge in [-0.3, -0.25) is 4.79 Å². The highest BCUT2D eigenvalue weighted by Gasteiger charge is 2.27. The standard InChI is InChI=1S/C21H23N3O2S/c1-15-7-6-10-18-19(15)22-21(27-18)24-13-11-23(12-14-24)20(25)16(2)26-17-8-4-3-5-9-17/h3-10,16H,11-14H2,1-2H3. The summed E-state index contributed by atoms with van der Waals surface area (Å²) in [6, 6.07) is 15.8. The van der Waals surface area contributed by atoms with Crippen LogP contribution in [0.4, 0.5) is 5.13 Å². The average Bonchev–Trinajstić information content (AvgIpc) is 3.14. The molecule has 1 saturated heterocycles. The molecule has 1 aliphatic heterocycles. The number of para-hydroxylation sites is 2. The summed E-state index contributed by atoms with van der Waals surface area (Å²) < 4.78 is 6.99. The third-order valence-corrected chi connectivity index (χ3v) is 5.96.